The molecular weight excluding hydrogens is 382 g/mol. The van der Waals surface area contributed by atoms with Gasteiger partial charge in [-0.3, -0.25) is 4.79 Å². The van der Waals surface area contributed by atoms with Gasteiger partial charge in [-0.2, -0.15) is 0 Å². The number of amides is 1. The molecule has 1 aromatic heterocycles. The molecule has 1 amide bonds. The number of rotatable bonds is 5. The topological polar surface area (TPSA) is 68.0 Å². The van der Waals surface area contributed by atoms with Crippen molar-refractivity contribution in [2.24, 2.45) is 5.92 Å². The summed E-state index contributed by atoms with van der Waals surface area (Å²) in [7, 11) is 0. The predicted molar refractivity (Wildman–Crippen MR) is 120 cm³/mol. The molecule has 3 rings (SSSR count). The summed E-state index contributed by atoms with van der Waals surface area (Å²) in [6.07, 6.45) is 3.80. The minimum atomic E-state index is -0.0644. The number of hydrogen-bond acceptors (Lipinski definition) is 3. The Hall–Kier alpha value is -3.03. The van der Waals surface area contributed by atoms with E-state index in [4.69, 9.17) is 17.3 Å². The van der Waals surface area contributed by atoms with Gasteiger partial charge in [0.15, 0.2) is 0 Å². The molecule has 0 aliphatic heterocycles. The van der Waals surface area contributed by atoms with Gasteiger partial charge in [-0.05, 0) is 55.2 Å². The highest BCUT2D eigenvalue weighted by atomic mass is 35.5. The largest absolute Gasteiger partial charge is 0.383 e. The number of carbonyl (C=O) groups is 1. The summed E-state index contributed by atoms with van der Waals surface area (Å²) in [5.41, 5.74) is 8.10. The molecule has 0 saturated carbocycles. The quantitative estimate of drug-likeness (QED) is 0.461. The molecule has 0 aliphatic carbocycles. The molecule has 1 heterocycles. The lowest BCUT2D eigenvalue weighted by Gasteiger charge is -2.07. The molecule has 0 bridgehead atoms. The molecule has 29 heavy (non-hydrogen) atoms. The number of halogens is 1. The predicted octanol–water partition coefficient (Wildman–Crippen LogP) is 5.04. The smallest absolute Gasteiger partial charge is 0.251 e. The number of fused-ring (bicyclic) bond motifs is 1. The van der Waals surface area contributed by atoms with Crippen LogP contribution in [-0.4, -0.2) is 17.4 Å². The fourth-order valence-electron chi connectivity index (χ4n) is 2.98. The average Bonchev–Trinajstić information content (AvgIpc) is 2.70. The van der Waals surface area contributed by atoms with E-state index in [1.165, 1.54) is 0 Å². The maximum atomic E-state index is 12.2. The van der Waals surface area contributed by atoms with Gasteiger partial charge >= 0.3 is 0 Å². The molecule has 4 nitrogen and oxygen atoms in total. The van der Waals surface area contributed by atoms with Crippen LogP contribution in [0.2, 0.25) is 5.02 Å². The number of aromatic nitrogens is 1. The SMILES string of the molecule is CC(C)CCCNC(=O)c1ccc(C#Cc2c(N)ncc3ccc(Cl)cc23)cc1. The van der Waals surface area contributed by atoms with Crippen molar-refractivity contribution >= 4 is 34.1 Å². The monoisotopic (exact) mass is 405 g/mol. The number of pyridine rings is 1. The van der Waals surface area contributed by atoms with E-state index in [0.717, 1.165) is 29.2 Å². The van der Waals surface area contributed by atoms with Crippen LogP contribution in [-0.2, 0) is 0 Å². The van der Waals surface area contributed by atoms with Crippen LogP contribution in [0.25, 0.3) is 10.8 Å². The van der Waals surface area contributed by atoms with E-state index in [9.17, 15) is 4.79 Å². The van der Waals surface area contributed by atoms with Crippen molar-refractivity contribution in [3.8, 4) is 11.8 Å². The van der Waals surface area contributed by atoms with E-state index in [-0.39, 0.29) is 5.91 Å². The Labute approximate surface area is 176 Å². The average molecular weight is 406 g/mol. The van der Waals surface area contributed by atoms with Crippen LogP contribution in [0, 0.1) is 17.8 Å². The first-order valence-electron chi connectivity index (χ1n) is 9.68. The number of nitrogens with one attached hydrogen (secondary N) is 1. The van der Waals surface area contributed by atoms with E-state index < -0.39 is 0 Å². The second-order valence-electron chi connectivity index (χ2n) is 7.37. The number of benzene rings is 2. The number of nitrogens with two attached hydrogens (primary N) is 1. The van der Waals surface area contributed by atoms with E-state index in [0.29, 0.717) is 34.4 Å². The van der Waals surface area contributed by atoms with Gasteiger partial charge in [0, 0.05) is 39.7 Å². The summed E-state index contributed by atoms with van der Waals surface area (Å²) in [5.74, 6) is 7.15. The minimum absolute atomic E-state index is 0.0644. The zero-order valence-electron chi connectivity index (χ0n) is 16.6. The van der Waals surface area contributed by atoms with E-state index >= 15 is 0 Å². The van der Waals surface area contributed by atoms with Gasteiger partial charge in [0.05, 0.1) is 5.56 Å². The molecule has 0 radical (unpaired) electrons. The van der Waals surface area contributed by atoms with Crippen LogP contribution in [0.3, 0.4) is 0 Å². The highest BCUT2D eigenvalue weighted by Gasteiger charge is 2.06. The van der Waals surface area contributed by atoms with Crippen LogP contribution in [0.5, 0.6) is 0 Å². The third kappa shape index (κ3) is 5.49. The van der Waals surface area contributed by atoms with E-state index in [1.807, 2.05) is 30.3 Å². The van der Waals surface area contributed by atoms with Gasteiger partial charge in [-0.25, -0.2) is 4.98 Å². The number of nitrogens with zero attached hydrogens (tertiary/aromatic N) is 1. The molecule has 0 spiro atoms. The Balaban J connectivity index is 1.74. The van der Waals surface area contributed by atoms with Gasteiger partial charge < -0.3 is 11.1 Å². The second-order valence-corrected chi connectivity index (χ2v) is 7.81. The summed E-state index contributed by atoms with van der Waals surface area (Å²) in [5, 5.41) is 5.37. The van der Waals surface area contributed by atoms with Crippen LogP contribution < -0.4 is 11.1 Å². The Morgan fingerprint density at radius 3 is 2.66 bits per heavy atom. The minimum Gasteiger partial charge on any atom is -0.383 e. The molecule has 0 unspecified atom stereocenters. The lowest BCUT2D eigenvalue weighted by atomic mass is 10.1. The Bertz CT molecular complexity index is 1070. The normalized spacial score (nSPS) is 10.6. The van der Waals surface area contributed by atoms with Gasteiger partial charge in [0.1, 0.15) is 5.82 Å². The standard InChI is InChI=1S/C24H24ClN3O/c1-16(2)4-3-13-27-24(29)18-8-5-17(6-9-18)7-12-21-22-14-20(25)11-10-19(22)15-28-23(21)26/h5-6,8-11,14-16H,3-4,13H2,1-2H3,(H2,26,28)(H,27,29). The maximum absolute atomic E-state index is 12.2. The lowest BCUT2D eigenvalue weighted by molar-refractivity contribution is 0.0952. The number of carbonyl (C=O) groups excluding carboxylic acids is 1. The number of anilines is 1. The van der Waals surface area contributed by atoms with Crippen LogP contribution in [0.1, 0.15) is 48.2 Å². The molecule has 2 aromatic carbocycles. The third-order valence-corrected chi connectivity index (χ3v) is 4.84. The molecule has 0 atom stereocenters. The number of hydrogen-bond donors (Lipinski definition) is 2. The molecule has 0 saturated heterocycles. The highest BCUT2D eigenvalue weighted by molar-refractivity contribution is 6.31. The van der Waals surface area contributed by atoms with Gasteiger partial charge in [-0.15, -0.1) is 0 Å². The summed E-state index contributed by atoms with van der Waals surface area (Å²) in [4.78, 5) is 16.4. The summed E-state index contributed by atoms with van der Waals surface area (Å²) in [6, 6.07) is 12.8. The van der Waals surface area contributed by atoms with Gasteiger partial charge in [0.25, 0.3) is 5.91 Å². The van der Waals surface area contributed by atoms with E-state index in [2.05, 4.69) is 36.0 Å². The maximum Gasteiger partial charge on any atom is 0.251 e. The first-order chi connectivity index (χ1) is 13.9. The summed E-state index contributed by atoms with van der Waals surface area (Å²) >= 11 is 6.12. The van der Waals surface area contributed by atoms with Crippen molar-refractivity contribution in [3.05, 3.63) is 70.4 Å². The zero-order chi connectivity index (χ0) is 20.8. The Kier molecular flexibility index (Phi) is 6.74. The summed E-state index contributed by atoms with van der Waals surface area (Å²) in [6.45, 7) is 5.05. The molecule has 148 valence electrons. The van der Waals surface area contributed by atoms with Crippen LogP contribution in [0.15, 0.2) is 48.7 Å². The fraction of sp³-hybridized carbons (Fsp3) is 0.250. The van der Waals surface area contributed by atoms with Crippen molar-refractivity contribution in [1.82, 2.24) is 10.3 Å². The van der Waals surface area contributed by atoms with Crippen molar-refractivity contribution < 1.29 is 4.79 Å². The third-order valence-electron chi connectivity index (χ3n) is 4.61. The summed E-state index contributed by atoms with van der Waals surface area (Å²) < 4.78 is 0. The van der Waals surface area contributed by atoms with Gasteiger partial charge in [0.2, 0.25) is 0 Å². The first-order valence-corrected chi connectivity index (χ1v) is 10.1. The molecule has 0 aliphatic rings. The molecule has 3 aromatic rings. The zero-order valence-corrected chi connectivity index (χ0v) is 17.4. The molecule has 5 heteroatoms. The molecule has 3 N–H and O–H groups in total. The van der Waals surface area contributed by atoms with Crippen molar-refractivity contribution in [3.63, 3.8) is 0 Å². The fourth-order valence-corrected chi connectivity index (χ4v) is 3.16. The molecule has 0 fully saturated rings. The second kappa shape index (κ2) is 9.45. The van der Waals surface area contributed by atoms with Crippen molar-refractivity contribution in [2.75, 3.05) is 12.3 Å². The Morgan fingerprint density at radius 2 is 1.93 bits per heavy atom. The number of nitrogen functional groups attached to an aromatic ring is 1. The lowest BCUT2D eigenvalue weighted by Crippen LogP contribution is -2.24. The van der Waals surface area contributed by atoms with Crippen LogP contribution in [0.4, 0.5) is 5.82 Å². The van der Waals surface area contributed by atoms with Crippen molar-refractivity contribution in [1.29, 1.82) is 0 Å². The van der Waals surface area contributed by atoms with Crippen molar-refractivity contribution in [2.45, 2.75) is 26.7 Å². The highest BCUT2D eigenvalue weighted by Crippen LogP contribution is 2.24. The van der Waals surface area contributed by atoms with E-state index in [1.54, 1.807) is 18.3 Å². The Morgan fingerprint density at radius 1 is 1.17 bits per heavy atom. The van der Waals surface area contributed by atoms with Gasteiger partial charge in [-0.1, -0.05) is 43.4 Å². The van der Waals surface area contributed by atoms with Crippen LogP contribution >= 0.6 is 11.6 Å². The molecular formula is C24H24ClN3O. The first kappa shape index (κ1) is 20.7.